The van der Waals surface area contributed by atoms with E-state index in [1.165, 1.54) is 23.9 Å². The molecule has 1 N–H and O–H groups in total. The molecule has 0 bridgehead atoms. The van der Waals surface area contributed by atoms with Gasteiger partial charge in [-0.1, -0.05) is 32.3 Å². The van der Waals surface area contributed by atoms with Crippen LogP contribution in [0.1, 0.15) is 49.9 Å². The summed E-state index contributed by atoms with van der Waals surface area (Å²) in [6.07, 6.45) is 6.04. The maximum absolute atomic E-state index is 12.2. The molecule has 0 aliphatic heterocycles. The lowest BCUT2D eigenvalue weighted by Gasteiger charge is -2.14. The van der Waals surface area contributed by atoms with Gasteiger partial charge in [0.2, 0.25) is 0 Å². The smallest absolute Gasteiger partial charge is 0.251 e. The van der Waals surface area contributed by atoms with Gasteiger partial charge in [-0.25, -0.2) is 4.68 Å². The summed E-state index contributed by atoms with van der Waals surface area (Å²) >= 11 is 0. The number of nitrogens with one attached hydrogen (secondary N) is 1. The monoisotopic (exact) mass is 287 g/mol. The minimum atomic E-state index is -0.0612. The lowest BCUT2D eigenvalue weighted by Crippen LogP contribution is -2.32. The molecule has 0 saturated heterocycles. The Bertz CT molecular complexity index is 567. The van der Waals surface area contributed by atoms with Crippen LogP contribution < -0.4 is 5.32 Å². The number of rotatable bonds is 7. The third kappa shape index (κ3) is 4.37. The highest BCUT2D eigenvalue weighted by Gasteiger charge is 2.10. The summed E-state index contributed by atoms with van der Waals surface area (Å²) in [5.41, 5.74) is 1.39. The zero-order valence-electron chi connectivity index (χ0n) is 12.5. The number of carbonyl (C=O) groups is 1. The zero-order chi connectivity index (χ0) is 15.1. The van der Waals surface area contributed by atoms with Gasteiger partial charge in [-0.2, -0.15) is 0 Å². The molecule has 1 amide bonds. The summed E-state index contributed by atoms with van der Waals surface area (Å²) in [5, 5.41) is 14.0. The van der Waals surface area contributed by atoms with Crippen LogP contribution in [0.2, 0.25) is 0 Å². The first-order chi connectivity index (χ1) is 10.2. The van der Waals surface area contributed by atoms with Gasteiger partial charge in [-0.3, -0.25) is 4.79 Å². The molecule has 0 aliphatic carbocycles. The van der Waals surface area contributed by atoms with Crippen molar-refractivity contribution in [1.82, 2.24) is 25.5 Å². The Labute approximate surface area is 124 Å². The first-order valence-corrected chi connectivity index (χ1v) is 7.35. The van der Waals surface area contributed by atoms with Gasteiger partial charge in [0, 0.05) is 11.6 Å². The SMILES string of the molecule is CCCCCC(C)NC(=O)c1cccc(-n2cnnn2)c1. The average molecular weight is 287 g/mol. The van der Waals surface area contributed by atoms with Crippen LogP contribution in [0, 0.1) is 0 Å². The highest BCUT2D eigenvalue weighted by Crippen LogP contribution is 2.10. The Morgan fingerprint density at radius 3 is 2.95 bits per heavy atom. The summed E-state index contributed by atoms with van der Waals surface area (Å²) < 4.78 is 1.53. The molecule has 1 unspecified atom stereocenters. The minimum Gasteiger partial charge on any atom is -0.350 e. The van der Waals surface area contributed by atoms with E-state index < -0.39 is 0 Å². The standard InChI is InChI=1S/C15H21N5O/c1-3-4-5-7-12(2)17-15(21)13-8-6-9-14(10-13)20-11-16-18-19-20/h6,8-12H,3-5,7H2,1-2H3,(H,17,21). The zero-order valence-corrected chi connectivity index (χ0v) is 12.5. The van der Waals surface area contributed by atoms with Crippen molar-refractivity contribution in [3.63, 3.8) is 0 Å². The number of amides is 1. The molecule has 6 nitrogen and oxygen atoms in total. The van der Waals surface area contributed by atoms with E-state index in [2.05, 4.69) is 27.8 Å². The number of carbonyl (C=O) groups excluding carboxylic acids is 1. The van der Waals surface area contributed by atoms with E-state index in [9.17, 15) is 4.79 Å². The van der Waals surface area contributed by atoms with Crippen molar-refractivity contribution < 1.29 is 4.79 Å². The van der Waals surface area contributed by atoms with Gasteiger partial charge in [0.25, 0.3) is 5.91 Å². The van der Waals surface area contributed by atoms with Gasteiger partial charge >= 0.3 is 0 Å². The number of hydrogen-bond acceptors (Lipinski definition) is 4. The second kappa shape index (κ2) is 7.52. The molecule has 1 aromatic carbocycles. The molecular weight excluding hydrogens is 266 g/mol. The van der Waals surface area contributed by atoms with Gasteiger partial charge in [0.1, 0.15) is 6.33 Å². The van der Waals surface area contributed by atoms with E-state index >= 15 is 0 Å². The van der Waals surface area contributed by atoms with Crippen LogP contribution in [0.25, 0.3) is 5.69 Å². The number of nitrogens with zero attached hydrogens (tertiary/aromatic N) is 4. The van der Waals surface area contributed by atoms with Crippen LogP contribution in [0.15, 0.2) is 30.6 Å². The van der Waals surface area contributed by atoms with Crippen molar-refractivity contribution in [2.24, 2.45) is 0 Å². The summed E-state index contributed by atoms with van der Waals surface area (Å²) in [5.74, 6) is -0.0612. The molecule has 6 heteroatoms. The Hall–Kier alpha value is -2.24. The summed E-state index contributed by atoms with van der Waals surface area (Å²) in [4.78, 5) is 12.2. The predicted molar refractivity (Wildman–Crippen MR) is 80.2 cm³/mol. The van der Waals surface area contributed by atoms with Gasteiger partial charge in [-0.05, 0) is 42.0 Å². The fraction of sp³-hybridized carbons (Fsp3) is 0.467. The topological polar surface area (TPSA) is 72.7 Å². The molecule has 0 fully saturated rings. The van der Waals surface area contributed by atoms with Crippen LogP contribution in [0.4, 0.5) is 0 Å². The number of benzene rings is 1. The lowest BCUT2D eigenvalue weighted by molar-refractivity contribution is 0.0938. The Kier molecular flexibility index (Phi) is 5.43. The Morgan fingerprint density at radius 2 is 2.24 bits per heavy atom. The van der Waals surface area contributed by atoms with E-state index in [1.54, 1.807) is 12.1 Å². The summed E-state index contributed by atoms with van der Waals surface area (Å²) in [6.45, 7) is 4.21. The number of tetrazole rings is 1. The van der Waals surface area contributed by atoms with Crippen molar-refractivity contribution >= 4 is 5.91 Å². The van der Waals surface area contributed by atoms with E-state index in [-0.39, 0.29) is 11.9 Å². The lowest BCUT2D eigenvalue weighted by atomic mass is 10.1. The van der Waals surface area contributed by atoms with Crippen LogP contribution >= 0.6 is 0 Å². The molecule has 21 heavy (non-hydrogen) atoms. The number of aromatic nitrogens is 4. The molecule has 2 aromatic rings. The molecule has 0 spiro atoms. The van der Waals surface area contributed by atoms with Gasteiger partial charge in [-0.15, -0.1) is 5.10 Å². The molecule has 1 heterocycles. The largest absolute Gasteiger partial charge is 0.350 e. The van der Waals surface area contributed by atoms with E-state index in [4.69, 9.17) is 0 Å². The van der Waals surface area contributed by atoms with Crippen molar-refractivity contribution in [3.8, 4) is 5.69 Å². The molecule has 1 aromatic heterocycles. The van der Waals surface area contributed by atoms with Gasteiger partial charge in [0.05, 0.1) is 5.69 Å². The van der Waals surface area contributed by atoms with Crippen molar-refractivity contribution in [1.29, 1.82) is 0 Å². The van der Waals surface area contributed by atoms with E-state index in [0.29, 0.717) is 5.56 Å². The van der Waals surface area contributed by atoms with Gasteiger partial charge in [0.15, 0.2) is 0 Å². The highest BCUT2D eigenvalue weighted by molar-refractivity contribution is 5.94. The van der Waals surface area contributed by atoms with Gasteiger partial charge < -0.3 is 5.32 Å². The summed E-state index contributed by atoms with van der Waals surface area (Å²) in [7, 11) is 0. The van der Waals surface area contributed by atoms with Crippen molar-refractivity contribution in [3.05, 3.63) is 36.2 Å². The number of hydrogen-bond donors (Lipinski definition) is 1. The van der Waals surface area contributed by atoms with Crippen LogP contribution in [0.5, 0.6) is 0 Å². The van der Waals surface area contributed by atoms with E-state index in [0.717, 1.165) is 18.5 Å². The average Bonchev–Trinajstić information content (AvgIpc) is 3.02. The fourth-order valence-electron chi connectivity index (χ4n) is 2.15. The van der Waals surface area contributed by atoms with Crippen molar-refractivity contribution in [2.45, 2.75) is 45.6 Å². The predicted octanol–water partition coefficient (Wildman–Crippen LogP) is 2.36. The molecule has 0 aliphatic rings. The second-order valence-electron chi connectivity index (χ2n) is 5.18. The molecular formula is C15H21N5O. The molecule has 1 atom stereocenters. The maximum Gasteiger partial charge on any atom is 0.251 e. The fourth-order valence-corrected chi connectivity index (χ4v) is 2.15. The Balaban J connectivity index is 1.98. The van der Waals surface area contributed by atoms with E-state index in [1.807, 2.05) is 19.1 Å². The molecule has 0 radical (unpaired) electrons. The number of unbranched alkanes of at least 4 members (excludes halogenated alkanes) is 2. The highest BCUT2D eigenvalue weighted by atomic mass is 16.1. The second-order valence-corrected chi connectivity index (χ2v) is 5.18. The first kappa shape index (κ1) is 15.2. The normalized spacial score (nSPS) is 12.1. The molecule has 112 valence electrons. The first-order valence-electron chi connectivity index (χ1n) is 7.35. The maximum atomic E-state index is 12.2. The van der Waals surface area contributed by atoms with Crippen molar-refractivity contribution in [2.75, 3.05) is 0 Å². The third-order valence-corrected chi connectivity index (χ3v) is 3.34. The van der Waals surface area contributed by atoms with Crippen LogP contribution in [-0.4, -0.2) is 32.2 Å². The Morgan fingerprint density at radius 1 is 1.38 bits per heavy atom. The summed E-state index contributed by atoms with van der Waals surface area (Å²) in [6, 6.07) is 7.44. The molecule has 0 saturated carbocycles. The minimum absolute atomic E-state index is 0.0612. The third-order valence-electron chi connectivity index (χ3n) is 3.34. The quantitative estimate of drug-likeness (QED) is 0.793. The van der Waals surface area contributed by atoms with Crippen LogP contribution in [0.3, 0.4) is 0 Å². The van der Waals surface area contributed by atoms with Crippen LogP contribution in [-0.2, 0) is 0 Å². The molecule has 2 rings (SSSR count).